The number of fused-ring (bicyclic) bond motifs is 1. The van der Waals surface area contributed by atoms with Gasteiger partial charge in [-0.15, -0.1) is 11.3 Å². The summed E-state index contributed by atoms with van der Waals surface area (Å²) in [6.45, 7) is 8.91. The van der Waals surface area contributed by atoms with Crippen molar-refractivity contribution in [1.29, 1.82) is 0 Å². The van der Waals surface area contributed by atoms with Crippen LogP contribution < -0.4 is 10.6 Å². The van der Waals surface area contributed by atoms with Crippen LogP contribution in [0.3, 0.4) is 0 Å². The largest absolute Gasteiger partial charge is 0.478 e. The maximum Gasteiger partial charge on any atom is 0.339 e. The van der Waals surface area contributed by atoms with E-state index in [9.17, 15) is 14.7 Å². The number of carbonyl (C=O) groups is 2. The summed E-state index contributed by atoms with van der Waals surface area (Å²) in [5, 5.41) is 24.8. The Bertz CT molecular complexity index is 932. The number of aromatic carboxylic acids is 1. The molecule has 0 atom stereocenters. The molecule has 156 valence electrons. The van der Waals surface area contributed by atoms with Gasteiger partial charge < -0.3 is 20.8 Å². The number of hydrogen-bond acceptors (Lipinski definition) is 6. The normalized spacial score (nSPS) is 16.7. The van der Waals surface area contributed by atoms with Crippen molar-refractivity contribution in [2.75, 3.05) is 23.8 Å². The minimum Gasteiger partial charge on any atom is -0.478 e. The van der Waals surface area contributed by atoms with E-state index in [-0.39, 0.29) is 23.0 Å². The van der Waals surface area contributed by atoms with Crippen LogP contribution in [0, 0.1) is 5.41 Å². The number of amides is 1. The number of aliphatic hydroxyl groups is 1. The number of aliphatic hydroxyl groups excluding tert-OH is 1. The lowest BCUT2D eigenvalue weighted by Crippen LogP contribution is -2.34. The van der Waals surface area contributed by atoms with E-state index in [2.05, 4.69) is 43.3 Å². The van der Waals surface area contributed by atoms with Gasteiger partial charge in [-0.2, -0.15) is 0 Å². The first kappa shape index (κ1) is 21.3. The van der Waals surface area contributed by atoms with Gasteiger partial charge >= 0.3 is 5.97 Å². The molecular weight excluding hydrogens is 390 g/mol. The number of carboxylic acids is 1. The first-order valence-corrected chi connectivity index (χ1v) is 10.4. The maximum atomic E-state index is 12.7. The predicted molar refractivity (Wildman–Crippen MR) is 114 cm³/mol. The van der Waals surface area contributed by atoms with Crippen LogP contribution >= 0.6 is 11.3 Å². The van der Waals surface area contributed by atoms with Crippen molar-refractivity contribution in [3.8, 4) is 0 Å². The summed E-state index contributed by atoms with van der Waals surface area (Å²) in [7, 11) is 0. The Morgan fingerprint density at radius 1 is 1.24 bits per heavy atom. The number of carbonyl (C=O) groups excluding carboxylic acids is 1. The summed E-state index contributed by atoms with van der Waals surface area (Å²) in [4.78, 5) is 30.0. The van der Waals surface area contributed by atoms with Gasteiger partial charge in [-0.1, -0.05) is 27.7 Å². The highest BCUT2D eigenvalue weighted by Crippen LogP contribution is 2.52. The standard InChI is InChI=1S/C21H27N3O4S/c1-20(2)9-13-15(19(27)28)18(29-16(13)21(3,4)11-20)24-17(26)12-5-6-14(23-10-12)22-7-8-25/h5-6,10,25H,7-9,11H2,1-4H3,(H,22,23)(H,24,26)(H,27,28). The fourth-order valence-electron chi connectivity index (χ4n) is 4.30. The third kappa shape index (κ3) is 4.43. The molecule has 0 aromatic carbocycles. The van der Waals surface area contributed by atoms with Crippen LogP contribution in [0.25, 0.3) is 0 Å². The van der Waals surface area contributed by atoms with Crippen LogP contribution in [0.15, 0.2) is 18.3 Å². The summed E-state index contributed by atoms with van der Waals surface area (Å²) >= 11 is 1.36. The lowest BCUT2D eigenvalue weighted by atomic mass is 9.65. The lowest BCUT2D eigenvalue weighted by Gasteiger charge is -2.40. The molecule has 0 bridgehead atoms. The Morgan fingerprint density at radius 3 is 2.55 bits per heavy atom. The van der Waals surface area contributed by atoms with Crippen LogP contribution in [-0.4, -0.2) is 40.2 Å². The summed E-state index contributed by atoms with van der Waals surface area (Å²) in [5.41, 5.74) is 1.21. The van der Waals surface area contributed by atoms with E-state index in [1.165, 1.54) is 17.5 Å². The minimum atomic E-state index is -1.02. The van der Waals surface area contributed by atoms with E-state index in [1.54, 1.807) is 12.1 Å². The third-order valence-corrected chi connectivity index (χ3v) is 6.60. The molecule has 4 N–H and O–H groups in total. The summed E-state index contributed by atoms with van der Waals surface area (Å²) < 4.78 is 0. The van der Waals surface area contributed by atoms with Gasteiger partial charge in [0, 0.05) is 17.6 Å². The molecule has 1 aliphatic carbocycles. The van der Waals surface area contributed by atoms with Crippen LogP contribution in [0.2, 0.25) is 0 Å². The van der Waals surface area contributed by atoms with Crippen molar-refractivity contribution < 1.29 is 19.8 Å². The van der Waals surface area contributed by atoms with E-state index in [0.717, 1.165) is 16.9 Å². The van der Waals surface area contributed by atoms with Gasteiger partial charge in [0.25, 0.3) is 5.91 Å². The molecule has 1 aliphatic rings. The van der Waals surface area contributed by atoms with E-state index in [1.807, 2.05) is 0 Å². The fraction of sp³-hybridized carbons (Fsp3) is 0.476. The number of nitrogens with one attached hydrogen (secondary N) is 2. The van der Waals surface area contributed by atoms with Crippen LogP contribution in [-0.2, 0) is 11.8 Å². The Morgan fingerprint density at radius 2 is 1.97 bits per heavy atom. The molecule has 2 aromatic rings. The number of hydrogen-bond donors (Lipinski definition) is 4. The zero-order valence-corrected chi connectivity index (χ0v) is 17.9. The van der Waals surface area contributed by atoms with Crippen molar-refractivity contribution in [1.82, 2.24) is 4.98 Å². The fourth-order valence-corrected chi connectivity index (χ4v) is 5.61. The van der Waals surface area contributed by atoms with Crippen LogP contribution in [0.5, 0.6) is 0 Å². The number of pyridine rings is 1. The van der Waals surface area contributed by atoms with Gasteiger partial charge in [0.2, 0.25) is 0 Å². The van der Waals surface area contributed by atoms with Crippen molar-refractivity contribution >= 4 is 34.0 Å². The van der Waals surface area contributed by atoms with Gasteiger partial charge in [0.15, 0.2) is 0 Å². The smallest absolute Gasteiger partial charge is 0.339 e. The molecule has 1 amide bonds. The molecule has 29 heavy (non-hydrogen) atoms. The Labute approximate surface area is 174 Å². The minimum absolute atomic E-state index is 0.00955. The number of thiophene rings is 1. The van der Waals surface area contributed by atoms with Crippen LogP contribution in [0.1, 0.15) is 65.3 Å². The van der Waals surface area contributed by atoms with Gasteiger partial charge in [0.1, 0.15) is 10.8 Å². The SMILES string of the molecule is CC1(C)Cc2c(sc(NC(=O)c3ccc(NCCO)nc3)c2C(=O)O)C(C)(C)C1. The summed E-state index contributed by atoms with van der Waals surface area (Å²) in [5.74, 6) is -0.866. The zero-order chi connectivity index (χ0) is 21.4. The number of nitrogens with zero attached hydrogens (tertiary/aromatic N) is 1. The third-order valence-electron chi connectivity index (χ3n) is 5.08. The molecule has 3 rings (SSSR count). The second-order valence-electron chi connectivity index (χ2n) is 8.86. The van der Waals surface area contributed by atoms with Gasteiger partial charge in [-0.25, -0.2) is 9.78 Å². The van der Waals surface area contributed by atoms with E-state index in [0.29, 0.717) is 29.3 Å². The summed E-state index contributed by atoms with van der Waals surface area (Å²) in [6.07, 6.45) is 3.05. The van der Waals surface area contributed by atoms with Crippen molar-refractivity contribution in [2.45, 2.75) is 46.0 Å². The van der Waals surface area contributed by atoms with Gasteiger partial charge in [-0.3, -0.25) is 4.79 Å². The average molecular weight is 418 g/mol. The average Bonchev–Trinajstić information content (AvgIpc) is 2.97. The first-order valence-electron chi connectivity index (χ1n) is 9.56. The summed E-state index contributed by atoms with van der Waals surface area (Å²) in [6, 6.07) is 3.26. The molecule has 0 spiro atoms. The number of carboxylic acid groups (broad SMARTS) is 1. The number of rotatable bonds is 6. The highest BCUT2D eigenvalue weighted by Gasteiger charge is 2.42. The second-order valence-corrected chi connectivity index (χ2v) is 9.88. The molecule has 7 nitrogen and oxygen atoms in total. The van der Waals surface area contributed by atoms with Gasteiger partial charge in [0.05, 0.1) is 17.7 Å². The molecule has 0 saturated carbocycles. The van der Waals surface area contributed by atoms with E-state index >= 15 is 0 Å². The maximum absolute atomic E-state index is 12.7. The number of anilines is 2. The Balaban J connectivity index is 1.91. The monoisotopic (exact) mass is 417 g/mol. The molecule has 0 unspecified atom stereocenters. The molecule has 2 heterocycles. The quantitative estimate of drug-likeness (QED) is 0.570. The highest BCUT2D eigenvalue weighted by molar-refractivity contribution is 7.17. The van der Waals surface area contributed by atoms with E-state index < -0.39 is 11.9 Å². The molecule has 0 aliphatic heterocycles. The first-order chi connectivity index (χ1) is 13.5. The molecule has 0 fully saturated rings. The second kappa shape index (κ2) is 7.76. The molecule has 0 radical (unpaired) electrons. The molecule has 2 aromatic heterocycles. The van der Waals surface area contributed by atoms with Crippen molar-refractivity contribution in [3.05, 3.63) is 39.9 Å². The molecular formula is C21H27N3O4S. The lowest BCUT2D eigenvalue weighted by molar-refractivity contribution is 0.0696. The Hall–Kier alpha value is -2.45. The van der Waals surface area contributed by atoms with Gasteiger partial charge in [-0.05, 0) is 41.4 Å². The molecule has 8 heteroatoms. The van der Waals surface area contributed by atoms with E-state index in [4.69, 9.17) is 5.11 Å². The molecule has 0 saturated heterocycles. The topological polar surface area (TPSA) is 112 Å². The highest BCUT2D eigenvalue weighted by atomic mass is 32.1. The Kier molecular flexibility index (Phi) is 5.69. The van der Waals surface area contributed by atoms with Crippen molar-refractivity contribution in [3.63, 3.8) is 0 Å². The number of aromatic nitrogens is 1. The predicted octanol–water partition coefficient (Wildman–Crippen LogP) is 3.75. The zero-order valence-electron chi connectivity index (χ0n) is 17.1. The van der Waals surface area contributed by atoms with Crippen LogP contribution in [0.4, 0.5) is 10.8 Å². The van der Waals surface area contributed by atoms with Crippen molar-refractivity contribution in [2.24, 2.45) is 5.41 Å².